The molecule has 0 aromatic rings. The van der Waals surface area contributed by atoms with Crippen LogP contribution in [0.4, 0.5) is 13.2 Å². The van der Waals surface area contributed by atoms with Gasteiger partial charge in [-0.15, -0.1) is 0 Å². The Morgan fingerprint density at radius 3 is 2.65 bits per heavy atom. The number of carbonyl (C=O) groups is 1. The molecule has 1 fully saturated rings. The zero-order valence-corrected chi connectivity index (χ0v) is 12.1. The SMILES string of the molecule is CCC(CCN)CCC(=O)N1CCCC(C(F)(F)F)C1. The summed E-state index contributed by atoms with van der Waals surface area (Å²) in [4.78, 5) is 13.4. The minimum absolute atomic E-state index is 0.137. The molecule has 0 spiro atoms. The highest BCUT2D eigenvalue weighted by atomic mass is 19.4. The Morgan fingerprint density at radius 2 is 2.10 bits per heavy atom. The second-order valence-electron chi connectivity index (χ2n) is 5.61. The number of carbonyl (C=O) groups excluding carboxylic acids is 1. The summed E-state index contributed by atoms with van der Waals surface area (Å²) in [6, 6.07) is 0. The van der Waals surface area contributed by atoms with E-state index in [9.17, 15) is 18.0 Å². The molecule has 2 unspecified atom stereocenters. The fraction of sp³-hybridized carbons (Fsp3) is 0.929. The highest BCUT2D eigenvalue weighted by molar-refractivity contribution is 5.76. The standard InChI is InChI=1S/C14H25F3N2O/c1-2-11(7-8-18)5-6-13(20)19-9-3-4-12(10-19)14(15,16)17/h11-12H,2-10,18H2,1H3. The lowest BCUT2D eigenvalue weighted by Gasteiger charge is -2.34. The molecule has 2 N–H and O–H groups in total. The Kier molecular flexibility index (Phi) is 6.79. The fourth-order valence-electron chi connectivity index (χ4n) is 2.74. The van der Waals surface area contributed by atoms with Crippen molar-refractivity contribution in [2.45, 2.75) is 51.6 Å². The summed E-state index contributed by atoms with van der Waals surface area (Å²) in [5.41, 5.74) is 5.50. The smallest absolute Gasteiger partial charge is 0.342 e. The van der Waals surface area contributed by atoms with Crippen LogP contribution in [0.5, 0.6) is 0 Å². The first kappa shape index (κ1) is 17.3. The monoisotopic (exact) mass is 294 g/mol. The lowest BCUT2D eigenvalue weighted by molar-refractivity contribution is -0.188. The van der Waals surface area contributed by atoms with Gasteiger partial charge < -0.3 is 10.6 Å². The van der Waals surface area contributed by atoms with Crippen LogP contribution < -0.4 is 5.73 Å². The average Bonchev–Trinajstić information content (AvgIpc) is 2.42. The van der Waals surface area contributed by atoms with Gasteiger partial charge in [0.25, 0.3) is 0 Å². The van der Waals surface area contributed by atoms with Crippen molar-refractivity contribution < 1.29 is 18.0 Å². The molecule has 1 heterocycles. The first-order valence-electron chi connectivity index (χ1n) is 7.43. The third kappa shape index (κ3) is 5.31. The molecule has 0 aliphatic carbocycles. The van der Waals surface area contributed by atoms with Crippen molar-refractivity contribution in [3.8, 4) is 0 Å². The van der Waals surface area contributed by atoms with Crippen molar-refractivity contribution in [2.75, 3.05) is 19.6 Å². The third-order valence-electron chi connectivity index (χ3n) is 4.16. The Labute approximate surface area is 118 Å². The maximum Gasteiger partial charge on any atom is 0.393 e. The molecule has 1 aliphatic heterocycles. The van der Waals surface area contributed by atoms with E-state index in [2.05, 4.69) is 0 Å². The number of nitrogens with two attached hydrogens (primary N) is 1. The van der Waals surface area contributed by atoms with Crippen LogP contribution in [0.1, 0.15) is 45.4 Å². The number of alkyl halides is 3. The van der Waals surface area contributed by atoms with E-state index in [1.54, 1.807) is 0 Å². The van der Waals surface area contributed by atoms with E-state index < -0.39 is 12.1 Å². The van der Waals surface area contributed by atoms with Gasteiger partial charge in [0.2, 0.25) is 5.91 Å². The van der Waals surface area contributed by atoms with Crippen LogP contribution >= 0.6 is 0 Å². The summed E-state index contributed by atoms with van der Waals surface area (Å²) in [6.45, 7) is 2.92. The lowest BCUT2D eigenvalue weighted by Crippen LogP contribution is -2.44. The zero-order valence-electron chi connectivity index (χ0n) is 12.1. The number of rotatable bonds is 6. The van der Waals surface area contributed by atoms with Crippen LogP contribution in [0.2, 0.25) is 0 Å². The molecule has 0 saturated carbocycles. The maximum atomic E-state index is 12.7. The first-order chi connectivity index (χ1) is 9.38. The number of halogens is 3. The van der Waals surface area contributed by atoms with Gasteiger partial charge in [-0.2, -0.15) is 13.2 Å². The molecule has 118 valence electrons. The first-order valence-corrected chi connectivity index (χ1v) is 7.43. The van der Waals surface area contributed by atoms with Crippen molar-refractivity contribution in [1.29, 1.82) is 0 Å². The minimum Gasteiger partial charge on any atom is -0.342 e. The number of nitrogens with zero attached hydrogens (tertiary/aromatic N) is 1. The van der Waals surface area contributed by atoms with Gasteiger partial charge >= 0.3 is 6.18 Å². The molecule has 3 nitrogen and oxygen atoms in total. The second-order valence-corrected chi connectivity index (χ2v) is 5.61. The molecule has 20 heavy (non-hydrogen) atoms. The predicted octanol–water partition coefficient (Wildman–Crippen LogP) is 2.94. The summed E-state index contributed by atoms with van der Waals surface area (Å²) < 4.78 is 38.1. The van der Waals surface area contributed by atoms with Gasteiger partial charge in [-0.05, 0) is 38.1 Å². The number of amides is 1. The number of hydrogen-bond acceptors (Lipinski definition) is 2. The topological polar surface area (TPSA) is 46.3 Å². The number of likely N-dealkylation sites (tertiary alicyclic amines) is 1. The molecule has 1 amide bonds. The van der Waals surface area contributed by atoms with E-state index in [-0.39, 0.29) is 18.9 Å². The Balaban J connectivity index is 2.43. The quantitative estimate of drug-likeness (QED) is 0.818. The number of hydrogen-bond donors (Lipinski definition) is 1. The Hall–Kier alpha value is -0.780. The van der Waals surface area contributed by atoms with Crippen molar-refractivity contribution in [1.82, 2.24) is 4.90 Å². The van der Waals surface area contributed by atoms with E-state index in [0.717, 1.165) is 19.3 Å². The summed E-state index contributed by atoms with van der Waals surface area (Å²) in [6.07, 6.45) is -0.730. The van der Waals surface area contributed by atoms with Crippen molar-refractivity contribution in [2.24, 2.45) is 17.6 Å². The van der Waals surface area contributed by atoms with E-state index >= 15 is 0 Å². The molecular weight excluding hydrogens is 269 g/mol. The summed E-state index contributed by atoms with van der Waals surface area (Å²) in [5.74, 6) is -1.10. The summed E-state index contributed by atoms with van der Waals surface area (Å²) >= 11 is 0. The van der Waals surface area contributed by atoms with Gasteiger partial charge in [0.15, 0.2) is 0 Å². The molecule has 0 radical (unpaired) electrons. The normalized spacial score (nSPS) is 21.9. The molecule has 0 aromatic carbocycles. The molecule has 0 aromatic heterocycles. The van der Waals surface area contributed by atoms with Crippen LogP contribution in [-0.2, 0) is 4.79 Å². The van der Waals surface area contributed by atoms with Crippen molar-refractivity contribution in [3.05, 3.63) is 0 Å². The maximum absolute atomic E-state index is 12.7. The molecule has 1 saturated heterocycles. The van der Waals surface area contributed by atoms with Gasteiger partial charge in [-0.1, -0.05) is 13.3 Å². The predicted molar refractivity (Wildman–Crippen MR) is 72.0 cm³/mol. The molecular formula is C14H25F3N2O. The molecule has 0 bridgehead atoms. The molecule has 1 aliphatic rings. The van der Waals surface area contributed by atoms with Gasteiger partial charge in [0, 0.05) is 19.5 Å². The third-order valence-corrected chi connectivity index (χ3v) is 4.16. The molecule has 1 rings (SSSR count). The average molecular weight is 294 g/mol. The van der Waals surface area contributed by atoms with Crippen LogP contribution in [0, 0.1) is 11.8 Å². The van der Waals surface area contributed by atoms with Crippen LogP contribution in [0.15, 0.2) is 0 Å². The second kappa shape index (κ2) is 7.86. The van der Waals surface area contributed by atoms with E-state index in [0.29, 0.717) is 31.8 Å². The van der Waals surface area contributed by atoms with E-state index in [1.165, 1.54) is 4.90 Å². The van der Waals surface area contributed by atoms with E-state index in [1.807, 2.05) is 6.92 Å². The fourth-order valence-corrected chi connectivity index (χ4v) is 2.74. The lowest BCUT2D eigenvalue weighted by atomic mass is 9.94. The van der Waals surface area contributed by atoms with Gasteiger partial charge in [-0.25, -0.2) is 0 Å². The Bertz CT molecular complexity index is 307. The van der Waals surface area contributed by atoms with Crippen LogP contribution in [0.3, 0.4) is 0 Å². The van der Waals surface area contributed by atoms with Crippen molar-refractivity contribution >= 4 is 5.91 Å². The summed E-state index contributed by atoms with van der Waals surface area (Å²) in [5, 5.41) is 0. The zero-order chi connectivity index (χ0) is 15.2. The van der Waals surface area contributed by atoms with Crippen molar-refractivity contribution in [3.63, 3.8) is 0 Å². The highest BCUT2D eigenvalue weighted by Gasteiger charge is 2.42. The number of piperidine rings is 1. The van der Waals surface area contributed by atoms with E-state index in [4.69, 9.17) is 5.73 Å². The highest BCUT2D eigenvalue weighted by Crippen LogP contribution is 2.33. The van der Waals surface area contributed by atoms with Crippen LogP contribution in [0.25, 0.3) is 0 Å². The van der Waals surface area contributed by atoms with Gasteiger partial charge in [-0.3, -0.25) is 4.79 Å². The summed E-state index contributed by atoms with van der Waals surface area (Å²) in [7, 11) is 0. The largest absolute Gasteiger partial charge is 0.393 e. The minimum atomic E-state index is -4.19. The van der Waals surface area contributed by atoms with Crippen LogP contribution in [-0.4, -0.2) is 36.6 Å². The molecule has 6 heteroatoms. The van der Waals surface area contributed by atoms with Gasteiger partial charge in [0.05, 0.1) is 5.92 Å². The van der Waals surface area contributed by atoms with Gasteiger partial charge in [0.1, 0.15) is 0 Å². The molecule has 2 atom stereocenters. The Morgan fingerprint density at radius 1 is 1.40 bits per heavy atom.